The van der Waals surface area contributed by atoms with Crippen molar-refractivity contribution in [1.29, 1.82) is 0 Å². The third kappa shape index (κ3) is 4.05. The summed E-state index contributed by atoms with van der Waals surface area (Å²) in [6.07, 6.45) is 0. The standard InChI is InChI=1S/C13H13N7OS2/c1-7-2-4-8(5-3-7)15-10(21)11-18-17-9(23-11)6-22-13-16-12(14)19-20-13/h2-5H,6H2,1H3,(H,15,21)(H3,14,16,19,20). The third-order valence-electron chi connectivity index (χ3n) is 2.78. The topological polar surface area (TPSA) is 122 Å². The van der Waals surface area contributed by atoms with Gasteiger partial charge in [-0.1, -0.05) is 40.8 Å². The number of carbonyl (C=O) groups is 1. The van der Waals surface area contributed by atoms with Crippen LogP contribution in [0.2, 0.25) is 0 Å². The number of benzene rings is 1. The molecule has 0 aliphatic heterocycles. The summed E-state index contributed by atoms with van der Waals surface area (Å²) in [5, 5.41) is 18.7. The molecule has 3 aromatic rings. The molecular formula is C13H13N7OS2. The summed E-state index contributed by atoms with van der Waals surface area (Å²) in [5.74, 6) is 0.514. The molecule has 118 valence electrons. The molecular weight excluding hydrogens is 334 g/mol. The number of aromatic amines is 1. The molecule has 0 bridgehead atoms. The molecule has 0 fully saturated rings. The van der Waals surface area contributed by atoms with Crippen molar-refractivity contribution in [3.8, 4) is 0 Å². The Labute approximate surface area is 139 Å². The molecule has 2 heterocycles. The van der Waals surface area contributed by atoms with Crippen molar-refractivity contribution >= 4 is 40.6 Å². The number of nitrogens with two attached hydrogens (primary N) is 1. The van der Waals surface area contributed by atoms with Crippen molar-refractivity contribution in [2.45, 2.75) is 17.8 Å². The smallest absolute Gasteiger partial charge is 0.286 e. The summed E-state index contributed by atoms with van der Waals surface area (Å²) in [6.45, 7) is 1.99. The fourth-order valence-corrected chi connectivity index (χ4v) is 3.20. The third-order valence-corrected chi connectivity index (χ3v) is 4.74. The Bertz CT molecular complexity index is 812. The van der Waals surface area contributed by atoms with E-state index in [2.05, 4.69) is 30.7 Å². The molecule has 0 saturated heterocycles. The van der Waals surface area contributed by atoms with Gasteiger partial charge in [0.25, 0.3) is 5.91 Å². The fourth-order valence-electron chi connectivity index (χ4n) is 1.67. The Morgan fingerprint density at radius 3 is 2.83 bits per heavy atom. The lowest BCUT2D eigenvalue weighted by molar-refractivity contribution is 0.102. The first-order valence-electron chi connectivity index (χ1n) is 6.61. The van der Waals surface area contributed by atoms with Crippen LogP contribution in [0.5, 0.6) is 0 Å². The van der Waals surface area contributed by atoms with E-state index in [1.807, 2.05) is 31.2 Å². The first kappa shape index (κ1) is 15.4. The largest absolute Gasteiger partial charge is 0.368 e. The maximum atomic E-state index is 12.1. The predicted molar refractivity (Wildman–Crippen MR) is 89.4 cm³/mol. The van der Waals surface area contributed by atoms with Crippen LogP contribution in [0, 0.1) is 6.92 Å². The number of amides is 1. The Morgan fingerprint density at radius 1 is 1.35 bits per heavy atom. The number of hydrogen-bond acceptors (Lipinski definition) is 8. The Kier molecular flexibility index (Phi) is 4.53. The normalized spacial score (nSPS) is 10.7. The highest BCUT2D eigenvalue weighted by molar-refractivity contribution is 7.98. The first-order valence-corrected chi connectivity index (χ1v) is 8.41. The monoisotopic (exact) mass is 347 g/mol. The van der Waals surface area contributed by atoms with Crippen molar-refractivity contribution in [2.24, 2.45) is 0 Å². The Morgan fingerprint density at radius 2 is 2.13 bits per heavy atom. The predicted octanol–water partition coefficient (Wildman–Crippen LogP) is 2.09. The van der Waals surface area contributed by atoms with Crippen LogP contribution in [0.3, 0.4) is 0 Å². The van der Waals surface area contributed by atoms with Crippen LogP contribution in [0.4, 0.5) is 11.6 Å². The van der Waals surface area contributed by atoms with E-state index in [1.54, 1.807) is 0 Å². The molecule has 0 saturated carbocycles. The number of aryl methyl sites for hydroxylation is 1. The van der Waals surface area contributed by atoms with E-state index in [1.165, 1.54) is 23.1 Å². The highest BCUT2D eigenvalue weighted by Crippen LogP contribution is 2.22. The number of rotatable bonds is 5. The minimum absolute atomic E-state index is 0.267. The number of thioether (sulfide) groups is 1. The maximum absolute atomic E-state index is 12.1. The van der Waals surface area contributed by atoms with E-state index in [-0.39, 0.29) is 11.9 Å². The zero-order valence-corrected chi connectivity index (χ0v) is 13.7. The van der Waals surface area contributed by atoms with Crippen LogP contribution >= 0.6 is 23.1 Å². The SMILES string of the molecule is Cc1ccc(NC(=O)c2nnc(CSc3n[nH]c(N)n3)s2)cc1. The highest BCUT2D eigenvalue weighted by atomic mass is 32.2. The van der Waals surface area contributed by atoms with Gasteiger partial charge in [0.1, 0.15) is 5.01 Å². The van der Waals surface area contributed by atoms with Gasteiger partial charge in [-0.25, -0.2) is 5.10 Å². The lowest BCUT2D eigenvalue weighted by atomic mass is 10.2. The van der Waals surface area contributed by atoms with Gasteiger partial charge in [0, 0.05) is 5.69 Å². The number of aromatic nitrogens is 5. The summed E-state index contributed by atoms with van der Waals surface area (Å²) in [4.78, 5) is 16.1. The molecule has 1 amide bonds. The number of nitrogens with zero attached hydrogens (tertiary/aromatic N) is 4. The van der Waals surface area contributed by atoms with Crippen LogP contribution in [0.15, 0.2) is 29.4 Å². The second kappa shape index (κ2) is 6.75. The van der Waals surface area contributed by atoms with Gasteiger partial charge in [0.15, 0.2) is 0 Å². The summed E-state index contributed by atoms with van der Waals surface area (Å²) >= 11 is 2.61. The van der Waals surface area contributed by atoms with Crippen molar-refractivity contribution in [1.82, 2.24) is 25.4 Å². The number of anilines is 2. The molecule has 0 radical (unpaired) electrons. The van der Waals surface area contributed by atoms with Crippen molar-refractivity contribution in [3.05, 3.63) is 39.8 Å². The van der Waals surface area contributed by atoms with E-state index < -0.39 is 0 Å². The van der Waals surface area contributed by atoms with Crippen molar-refractivity contribution in [2.75, 3.05) is 11.1 Å². The molecule has 2 aromatic heterocycles. The summed E-state index contributed by atoms with van der Waals surface area (Å²) in [6, 6.07) is 7.55. The van der Waals surface area contributed by atoms with Gasteiger partial charge >= 0.3 is 0 Å². The van der Waals surface area contributed by atoms with Gasteiger partial charge < -0.3 is 11.1 Å². The van der Waals surface area contributed by atoms with Gasteiger partial charge in [-0.3, -0.25) is 4.79 Å². The molecule has 3 rings (SSSR count). The van der Waals surface area contributed by atoms with Crippen LogP contribution in [-0.4, -0.2) is 31.3 Å². The number of hydrogen-bond donors (Lipinski definition) is 3. The van der Waals surface area contributed by atoms with E-state index in [9.17, 15) is 4.79 Å². The second-order valence-corrected chi connectivity index (χ2v) is 6.62. The number of nitrogen functional groups attached to an aromatic ring is 1. The molecule has 0 unspecified atom stereocenters. The lowest BCUT2D eigenvalue weighted by Crippen LogP contribution is -2.11. The molecule has 0 atom stereocenters. The van der Waals surface area contributed by atoms with Crippen LogP contribution in [0.1, 0.15) is 20.4 Å². The molecule has 1 aromatic carbocycles. The average molecular weight is 347 g/mol. The van der Waals surface area contributed by atoms with Gasteiger partial charge in [-0.05, 0) is 19.1 Å². The molecule has 0 aliphatic rings. The zero-order valence-electron chi connectivity index (χ0n) is 12.1. The highest BCUT2D eigenvalue weighted by Gasteiger charge is 2.14. The van der Waals surface area contributed by atoms with E-state index in [0.717, 1.165) is 11.3 Å². The van der Waals surface area contributed by atoms with Crippen LogP contribution < -0.4 is 11.1 Å². The number of H-pyrrole nitrogens is 1. The molecule has 8 nitrogen and oxygen atoms in total. The number of carbonyl (C=O) groups excluding carboxylic acids is 1. The summed E-state index contributed by atoms with van der Waals surface area (Å²) in [5.41, 5.74) is 7.31. The minimum Gasteiger partial charge on any atom is -0.368 e. The van der Waals surface area contributed by atoms with E-state index in [0.29, 0.717) is 20.9 Å². The molecule has 0 spiro atoms. The molecule has 0 aliphatic carbocycles. The van der Waals surface area contributed by atoms with Gasteiger partial charge in [0.05, 0.1) is 5.75 Å². The maximum Gasteiger partial charge on any atom is 0.286 e. The Balaban J connectivity index is 1.59. The summed E-state index contributed by atoms with van der Waals surface area (Å²) < 4.78 is 0. The van der Waals surface area contributed by atoms with Crippen molar-refractivity contribution < 1.29 is 4.79 Å². The fraction of sp³-hybridized carbons (Fsp3) is 0.154. The molecule has 4 N–H and O–H groups in total. The van der Waals surface area contributed by atoms with Crippen LogP contribution in [0.25, 0.3) is 0 Å². The average Bonchev–Trinajstić information content (AvgIpc) is 3.16. The second-order valence-electron chi connectivity index (χ2n) is 4.61. The lowest BCUT2D eigenvalue weighted by Gasteiger charge is -2.02. The molecule has 10 heteroatoms. The summed E-state index contributed by atoms with van der Waals surface area (Å²) in [7, 11) is 0. The molecule has 23 heavy (non-hydrogen) atoms. The van der Waals surface area contributed by atoms with Gasteiger partial charge in [-0.15, -0.1) is 15.3 Å². The van der Waals surface area contributed by atoms with E-state index >= 15 is 0 Å². The first-order chi connectivity index (χ1) is 11.1. The quantitative estimate of drug-likeness (QED) is 0.604. The van der Waals surface area contributed by atoms with Gasteiger partial charge in [0.2, 0.25) is 16.1 Å². The Hall–Kier alpha value is -2.46. The zero-order chi connectivity index (χ0) is 16.2. The van der Waals surface area contributed by atoms with Crippen LogP contribution in [-0.2, 0) is 5.75 Å². The van der Waals surface area contributed by atoms with Gasteiger partial charge in [-0.2, -0.15) is 4.98 Å². The minimum atomic E-state index is -0.273. The van der Waals surface area contributed by atoms with E-state index in [4.69, 9.17) is 5.73 Å². The number of nitrogens with one attached hydrogen (secondary N) is 2. The van der Waals surface area contributed by atoms with Crippen molar-refractivity contribution in [3.63, 3.8) is 0 Å².